The van der Waals surface area contributed by atoms with E-state index in [-0.39, 0.29) is 24.5 Å². The monoisotopic (exact) mass is 201 g/mol. The van der Waals surface area contributed by atoms with Gasteiger partial charge in [0, 0.05) is 5.54 Å². The van der Waals surface area contributed by atoms with Crippen LogP contribution < -0.4 is 16.4 Å². The highest BCUT2D eigenvalue weighted by Crippen LogP contribution is 2.05. The predicted molar refractivity (Wildman–Crippen MR) is 54.6 cm³/mol. The fraction of sp³-hybridized carbons (Fsp3) is 0.778. The summed E-state index contributed by atoms with van der Waals surface area (Å²) in [5.74, 6) is -0.592. The summed E-state index contributed by atoms with van der Waals surface area (Å²) in [5, 5.41) is 5.47. The van der Waals surface area contributed by atoms with Gasteiger partial charge in [-0.3, -0.25) is 14.9 Å². The zero-order valence-electron chi connectivity index (χ0n) is 9.02. The molecule has 4 N–H and O–H groups in total. The Labute approximate surface area is 84.4 Å². The molecule has 0 radical (unpaired) electrons. The van der Waals surface area contributed by atoms with Crippen LogP contribution in [0.5, 0.6) is 0 Å². The lowest BCUT2D eigenvalue weighted by molar-refractivity contribution is -0.122. The zero-order valence-corrected chi connectivity index (χ0v) is 9.02. The third-order valence-corrected chi connectivity index (χ3v) is 1.95. The Hall–Kier alpha value is -1.10. The second-order valence-corrected chi connectivity index (χ2v) is 3.86. The van der Waals surface area contributed by atoms with Crippen molar-refractivity contribution in [2.75, 3.05) is 13.1 Å². The molecule has 0 rings (SSSR count). The Balaban J connectivity index is 3.71. The Kier molecular flexibility index (Phi) is 5.15. The number of hydrogen-bond donors (Lipinski definition) is 3. The lowest BCUT2D eigenvalue weighted by Gasteiger charge is -2.24. The van der Waals surface area contributed by atoms with Gasteiger partial charge in [-0.25, -0.2) is 0 Å². The van der Waals surface area contributed by atoms with Crippen LogP contribution in [0.3, 0.4) is 0 Å². The molecule has 0 spiro atoms. The largest absolute Gasteiger partial charge is 0.369 e. The molecule has 0 aliphatic heterocycles. The molecule has 0 fully saturated rings. The summed E-state index contributed by atoms with van der Waals surface area (Å²) in [4.78, 5) is 21.6. The molecule has 2 amide bonds. The second kappa shape index (κ2) is 5.59. The number of hydrogen-bond acceptors (Lipinski definition) is 3. The number of rotatable bonds is 6. The highest BCUT2D eigenvalue weighted by Gasteiger charge is 2.17. The van der Waals surface area contributed by atoms with E-state index in [1.807, 2.05) is 20.8 Å². The van der Waals surface area contributed by atoms with E-state index in [4.69, 9.17) is 5.73 Å². The number of carbonyl (C=O) groups is 2. The number of carbonyl (C=O) groups excluding carboxylic acids is 2. The highest BCUT2D eigenvalue weighted by atomic mass is 16.2. The van der Waals surface area contributed by atoms with Gasteiger partial charge in [-0.15, -0.1) is 0 Å². The van der Waals surface area contributed by atoms with E-state index in [1.165, 1.54) is 0 Å². The maximum atomic E-state index is 11.3. The summed E-state index contributed by atoms with van der Waals surface area (Å²) in [6.45, 7) is 6.03. The van der Waals surface area contributed by atoms with Crippen molar-refractivity contribution in [2.24, 2.45) is 5.73 Å². The van der Waals surface area contributed by atoms with E-state index in [1.54, 1.807) is 0 Å². The molecule has 0 atom stereocenters. The minimum atomic E-state index is -0.465. The van der Waals surface area contributed by atoms with Gasteiger partial charge >= 0.3 is 0 Å². The van der Waals surface area contributed by atoms with Crippen LogP contribution in [-0.2, 0) is 9.59 Å². The Bertz CT molecular complexity index is 214. The molecular weight excluding hydrogens is 182 g/mol. The molecule has 0 aromatic heterocycles. The van der Waals surface area contributed by atoms with Gasteiger partial charge in [0.05, 0.1) is 13.1 Å². The first-order chi connectivity index (χ1) is 6.37. The van der Waals surface area contributed by atoms with Crippen LogP contribution in [0.25, 0.3) is 0 Å². The van der Waals surface area contributed by atoms with Gasteiger partial charge in [-0.1, -0.05) is 6.92 Å². The van der Waals surface area contributed by atoms with E-state index >= 15 is 0 Å². The Morgan fingerprint density at radius 3 is 2.29 bits per heavy atom. The molecule has 0 saturated carbocycles. The van der Waals surface area contributed by atoms with E-state index in [0.717, 1.165) is 6.42 Å². The van der Waals surface area contributed by atoms with Gasteiger partial charge < -0.3 is 11.1 Å². The molecule has 0 saturated heterocycles. The van der Waals surface area contributed by atoms with Gasteiger partial charge in [0.25, 0.3) is 0 Å². The number of primary amides is 1. The maximum absolute atomic E-state index is 11.3. The quantitative estimate of drug-likeness (QED) is 0.535. The van der Waals surface area contributed by atoms with Crippen molar-refractivity contribution in [3.05, 3.63) is 0 Å². The molecule has 14 heavy (non-hydrogen) atoms. The van der Waals surface area contributed by atoms with Crippen molar-refractivity contribution in [3.8, 4) is 0 Å². The van der Waals surface area contributed by atoms with Crippen molar-refractivity contribution in [1.29, 1.82) is 0 Å². The molecule has 5 nitrogen and oxygen atoms in total. The third-order valence-electron chi connectivity index (χ3n) is 1.95. The lowest BCUT2D eigenvalue weighted by atomic mass is 10.0. The fourth-order valence-electron chi connectivity index (χ4n) is 0.809. The molecule has 0 unspecified atom stereocenters. The van der Waals surface area contributed by atoms with Crippen molar-refractivity contribution in [2.45, 2.75) is 32.7 Å². The highest BCUT2D eigenvalue weighted by molar-refractivity contribution is 5.80. The number of nitrogens with one attached hydrogen (secondary N) is 2. The lowest BCUT2D eigenvalue weighted by Crippen LogP contribution is -2.47. The fourth-order valence-corrected chi connectivity index (χ4v) is 0.809. The molecule has 0 heterocycles. The smallest absolute Gasteiger partial charge is 0.234 e. The molecule has 0 aromatic rings. The molecule has 0 aliphatic rings. The van der Waals surface area contributed by atoms with Crippen LogP contribution in [-0.4, -0.2) is 30.4 Å². The zero-order chi connectivity index (χ0) is 11.2. The first-order valence-electron chi connectivity index (χ1n) is 4.67. The Morgan fingerprint density at radius 2 is 1.86 bits per heavy atom. The summed E-state index contributed by atoms with van der Waals surface area (Å²) in [7, 11) is 0. The van der Waals surface area contributed by atoms with E-state index < -0.39 is 5.91 Å². The van der Waals surface area contributed by atoms with Gasteiger partial charge in [-0.2, -0.15) is 0 Å². The molecule has 5 heteroatoms. The SMILES string of the molecule is CCC(C)(C)NC(=O)CNCC(N)=O. The standard InChI is InChI=1S/C9H19N3O2/c1-4-9(2,3)12-8(14)6-11-5-7(10)13/h11H,4-6H2,1-3H3,(H2,10,13)(H,12,14). The minimum absolute atomic E-state index is 0.0278. The summed E-state index contributed by atoms with van der Waals surface area (Å²) in [5.41, 5.74) is 4.70. The number of nitrogens with two attached hydrogens (primary N) is 1. The predicted octanol–water partition coefficient (Wildman–Crippen LogP) is -0.634. The van der Waals surface area contributed by atoms with Crippen molar-refractivity contribution >= 4 is 11.8 Å². The minimum Gasteiger partial charge on any atom is -0.369 e. The topological polar surface area (TPSA) is 84.2 Å². The molecule has 0 bridgehead atoms. The average Bonchev–Trinajstić information content (AvgIpc) is 2.02. The van der Waals surface area contributed by atoms with Crippen molar-refractivity contribution in [3.63, 3.8) is 0 Å². The maximum Gasteiger partial charge on any atom is 0.234 e. The van der Waals surface area contributed by atoms with Crippen molar-refractivity contribution in [1.82, 2.24) is 10.6 Å². The molecule has 0 aliphatic carbocycles. The molecular formula is C9H19N3O2. The average molecular weight is 201 g/mol. The van der Waals surface area contributed by atoms with Gasteiger partial charge in [-0.05, 0) is 20.3 Å². The van der Waals surface area contributed by atoms with Crippen LogP contribution >= 0.6 is 0 Å². The first kappa shape index (κ1) is 12.9. The van der Waals surface area contributed by atoms with Crippen LogP contribution in [0.15, 0.2) is 0 Å². The number of amides is 2. The second-order valence-electron chi connectivity index (χ2n) is 3.86. The summed E-state index contributed by atoms with van der Waals surface area (Å²) in [6, 6.07) is 0. The summed E-state index contributed by atoms with van der Waals surface area (Å²) in [6.07, 6.45) is 0.856. The first-order valence-corrected chi connectivity index (χ1v) is 4.67. The van der Waals surface area contributed by atoms with Crippen LogP contribution in [0, 0.1) is 0 Å². The van der Waals surface area contributed by atoms with Gasteiger partial charge in [0.15, 0.2) is 0 Å². The van der Waals surface area contributed by atoms with Crippen LogP contribution in [0.2, 0.25) is 0 Å². The van der Waals surface area contributed by atoms with Crippen LogP contribution in [0.4, 0.5) is 0 Å². The third kappa shape index (κ3) is 6.42. The van der Waals surface area contributed by atoms with E-state index in [9.17, 15) is 9.59 Å². The molecule has 82 valence electrons. The van der Waals surface area contributed by atoms with E-state index in [2.05, 4.69) is 10.6 Å². The summed E-state index contributed by atoms with van der Waals surface area (Å²) < 4.78 is 0. The normalized spacial score (nSPS) is 11.1. The molecule has 0 aromatic carbocycles. The van der Waals surface area contributed by atoms with Crippen molar-refractivity contribution < 1.29 is 9.59 Å². The van der Waals surface area contributed by atoms with E-state index in [0.29, 0.717) is 0 Å². The summed E-state index contributed by atoms with van der Waals surface area (Å²) >= 11 is 0. The Morgan fingerprint density at radius 1 is 1.29 bits per heavy atom. The van der Waals surface area contributed by atoms with Crippen LogP contribution in [0.1, 0.15) is 27.2 Å². The van der Waals surface area contributed by atoms with Gasteiger partial charge in [0.2, 0.25) is 11.8 Å². The van der Waals surface area contributed by atoms with Gasteiger partial charge in [0.1, 0.15) is 0 Å².